The molecule has 1 unspecified atom stereocenters. The van der Waals surface area contributed by atoms with Gasteiger partial charge < -0.3 is 15.7 Å². The van der Waals surface area contributed by atoms with Crippen molar-refractivity contribution < 1.29 is 9.90 Å². The maximum atomic E-state index is 12.7. The number of aliphatic hydroxyl groups is 1. The molecule has 4 heterocycles. The number of allylic oxidation sites excluding steroid dienone is 2. The number of nitrogens with one attached hydrogen (secondary N) is 2. The van der Waals surface area contributed by atoms with E-state index in [1.165, 1.54) is 11.5 Å². The molecule has 0 aliphatic rings. The average molecular weight is 604 g/mol. The van der Waals surface area contributed by atoms with Crippen LogP contribution in [-0.4, -0.2) is 64.1 Å². The molecule has 1 atom stereocenters. The van der Waals surface area contributed by atoms with Gasteiger partial charge >= 0.3 is 0 Å². The zero-order valence-electron chi connectivity index (χ0n) is 25.5. The molecule has 0 aromatic carbocycles. The molecule has 0 aliphatic carbocycles. The van der Waals surface area contributed by atoms with Gasteiger partial charge in [0, 0.05) is 36.7 Å². The Bertz CT molecular complexity index is 1610. The number of hydrogen-bond acceptors (Lipinski definition) is 9. The van der Waals surface area contributed by atoms with Gasteiger partial charge in [-0.25, -0.2) is 9.97 Å². The quantitative estimate of drug-likeness (QED) is 0.160. The van der Waals surface area contributed by atoms with Gasteiger partial charge in [-0.05, 0) is 61.6 Å². The number of aryl methyl sites for hydroxylation is 1. The van der Waals surface area contributed by atoms with Crippen LogP contribution in [0, 0.1) is 12.8 Å². The maximum Gasteiger partial charge on any atom is 0.246 e. The summed E-state index contributed by atoms with van der Waals surface area (Å²) in [5.74, 6) is 1.05. The first-order chi connectivity index (χ1) is 20.7. The van der Waals surface area contributed by atoms with Crippen molar-refractivity contribution in [3.8, 4) is 11.3 Å². The Morgan fingerprint density at radius 1 is 1.28 bits per heavy atom. The van der Waals surface area contributed by atoms with Crippen molar-refractivity contribution in [1.29, 1.82) is 0 Å². The Kier molecular flexibility index (Phi) is 11.0. The Morgan fingerprint density at radius 2 is 2.09 bits per heavy atom. The molecule has 1 amide bonds. The number of rotatable bonds is 15. The number of anilines is 2. The molecular weight excluding hydrogens is 562 g/mol. The van der Waals surface area contributed by atoms with Crippen LogP contribution in [0.5, 0.6) is 0 Å². The Morgan fingerprint density at radius 3 is 2.81 bits per heavy atom. The van der Waals surface area contributed by atoms with E-state index >= 15 is 0 Å². The largest absolute Gasteiger partial charge is 0.392 e. The first-order valence-corrected chi connectivity index (χ1v) is 15.3. The van der Waals surface area contributed by atoms with E-state index in [0.29, 0.717) is 28.7 Å². The molecule has 0 spiro atoms. The molecule has 0 radical (unpaired) electrons. The van der Waals surface area contributed by atoms with Crippen LogP contribution in [0.25, 0.3) is 16.9 Å². The lowest BCUT2D eigenvalue weighted by Gasteiger charge is -2.22. The van der Waals surface area contributed by atoms with Gasteiger partial charge in [0.1, 0.15) is 11.5 Å². The summed E-state index contributed by atoms with van der Waals surface area (Å²) < 4.78 is 8.23. The molecule has 3 N–H and O–H groups in total. The van der Waals surface area contributed by atoms with E-state index in [2.05, 4.69) is 63.4 Å². The number of imidazole rings is 1. The van der Waals surface area contributed by atoms with Crippen molar-refractivity contribution in [2.75, 3.05) is 25.0 Å². The van der Waals surface area contributed by atoms with Gasteiger partial charge in [-0.1, -0.05) is 39.8 Å². The zero-order chi connectivity index (χ0) is 30.9. The van der Waals surface area contributed by atoms with Gasteiger partial charge in [-0.2, -0.15) is 9.47 Å². The van der Waals surface area contributed by atoms with E-state index < -0.39 is 0 Å². The van der Waals surface area contributed by atoms with Crippen molar-refractivity contribution in [1.82, 2.24) is 38.7 Å². The van der Waals surface area contributed by atoms with Crippen LogP contribution in [0.2, 0.25) is 0 Å². The second-order valence-corrected chi connectivity index (χ2v) is 11.4. The molecule has 0 bridgehead atoms. The molecule has 4 aromatic rings. The molecule has 0 fully saturated rings. The maximum absolute atomic E-state index is 12.7. The van der Waals surface area contributed by atoms with Crippen LogP contribution >= 0.6 is 11.5 Å². The van der Waals surface area contributed by atoms with E-state index in [1.54, 1.807) is 35.3 Å². The molecular formula is C31H41N9O2S. The molecule has 0 aliphatic heterocycles. The third-order valence-electron chi connectivity index (χ3n) is 6.94. The first-order valence-electron chi connectivity index (χ1n) is 14.5. The highest BCUT2D eigenvalue weighted by molar-refractivity contribution is 7.10. The summed E-state index contributed by atoms with van der Waals surface area (Å²) >= 11 is 1.42. The molecule has 228 valence electrons. The van der Waals surface area contributed by atoms with Crippen LogP contribution in [0.4, 0.5) is 10.8 Å². The lowest BCUT2D eigenvalue weighted by Crippen LogP contribution is -2.27. The monoisotopic (exact) mass is 603 g/mol. The number of carbonyl (C=O) groups is 1. The van der Waals surface area contributed by atoms with Crippen LogP contribution in [-0.2, 0) is 17.9 Å². The molecule has 0 saturated heterocycles. The van der Waals surface area contributed by atoms with Crippen molar-refractivity contribution in [2.24, 2.45) is 5.92 Å². The number of aromatic nitrogens is 6. The van der Waals surface area contributed by atoms with Gasteiger partial charge in [0.15, 0.2) is 11.5 Å². The predicted molar refractivity (Wildman–Crippen MR) is 172 cm³/mol. The average Bonchev–Trinajstić information content (AvgIpc) is 3.72. The summed E-state index contributed by atoms with van der Waals surface area (Å²) in [5.41, 5.74) is 5.23. The fourth-order valence-corrected chi connectivity index (χ4v) is 5.23. The van der Waals surface area contributed by atoms with Crippen LogP contribution < -0.4 is 10.6 Å². The minimum Gasteiger partial charge on any atom is -0.392 e. The van der Waals surface area contributed by atoms with Gasteiger partial charge in [-0.3, -0.25) is 18.8 Å². The van der Waals surface area contributed by atoms with Crippen molar-refractivity contribution >= 4 is 33.9 Å². The van der Waals surface area contributed by atoms with Gasteiger partial charge in [0.2, 0.25) is 5.91 Å². The van der Waals surface area contributed by atoms with Crippen molar-refractivity contribution in [3.05, 3.63) is 78.3 Å². The molecule has 0 saturated carbocycles. The SMILES string of the molecule is C=C(/C=C(\C=C/C)NC(=O)Cn1cc(-c2cnc3c(Nc4cc(CN(CC)CC(C)CC)ns4)nc(C)cn23)cn1)CO. The number of nitrogens with zero attached hydrogens (tertiary/aromatic N) is 7. The Hall–Kier alpha value is -4.13. The van der Waals surface area contributed by atoms with Crippen LogP contribution in [0.15, 0.2) is 66.9 Å². The third-order valence-corrected chi connectivity index (χ3v) is 7.68. The van der Waals surface area contributed by atoms with Gasteiger partial charge in [0.25, 0.3) is 0 Å². The summed E-state index contributed by atoms with van der Waals surface area (Å²) in [7, 11) is 0. The fourth-order valence-electron chi connectivity index (χ4n) is 4.57. The van der Waals surface area contributed by atoms with Crippen molar-refractivity contribution in [2.45, 2.75) is 54.1 Å². The number of fused-ring (bicyclic) bond motifs is 1. The summed E-state index contributed by atoms with van der Waals surface area (Å²) in [6.45, 7) is 16.9. The third kappa shape index (κ3) is 8.46. The van der Waals surface area contributed by atoms with E-state index in [9.17, 15) is 9.90 Å². The zero-order valence-corrected chi connectivity index (χ0v) is 26.4. The highest BCUT2D eigenvalue weighted by atomic mass is 32.1. The van der Waals surface area contributed by atoms with Gasteiger partial charge in [0.05, 0.1) is 36.1 Å². The fraction of sp³-hybridized carbons (Fsp3) is 0.387. The topological polar surface area (TPSA) is 126 Å². The molecule has 11 nitrogen and oxygen atoms in total. The van der Waals surface area contributed by atoms with Crippen LogP contribution in [0.3, 0.4) is 0 Å². The standard InChI is InChI=1S/C31H41N9O2S/c1-7-10-25(11-22(5)20-41)35-28(42)19-39-17-24(13-33-39)27-14-32-31-30(34-23(6)16-40(27)31)36-29-12-26(37-43-29)18-38(9-3)15-21(4)8-2/h7,10-14,16-17,21,41H,5,8-9,15,18-20H2,1-4,6H3,(H,34,36)(H,35,42)/b10-7-,25-11+. The van der Waals surface area contributed by atoms with E-state index in [4.69, 9.17) is 4.98 Å². The Balaban J connectivity index is 1.49. The number of aliphatic hydroxyl groups excluding tert-OH is 1. The van der Waals surface area contributed by atoms with E-state index in [-0.39, 0.29) is 19.1 Å². The van der Waals surface area contributed by atoms with Gasteiger partial charge in [-0.15, -0.1) is 0 Å². The number of hydrogen-bond donors (Lipinski definition) is 3. The number of carbonyl (C=O) groups excluding carboxylic acids is 1. The highest BCUT2D eigenvalue weighted by Gasteiger charge is 2.16. The molecule has 4 rings (SSSR count). The van der Waals surface area contributed by atoms with Crippen molar-refractivity contribution in [3.63, 3.8) is 0 Å². The predicted octanol–water partition coefficient (Wildman–Crippen LogP) is 5.09. The second kappa shape index (κ2) is 14.9. The summed E-state index contributed by atoms with van der Waals surface area (Å²) in [5, 5.41) is 20.8. The minimum atomic E-state index is -0.250. The number of amides is 1. The van der Waals surface area contributed by atoms with Crippen LogP contribution in [0.1, 0.15) is 45.5 Å². The lowest BCUT2D eigenvalue weighted by atomic mass is 10.1. The summed E-state index contributed by atoms with van der Waals surface area (Å²) in [6.07, 6.45) is 13.6. The van der Waals surface area contributed by atoms with E-state index in [0.717, 1.165) is 53.7 Å². The smallest absolute Gasteiger partial charge is 0.246 e. The first kappa shape index (κ1) is 31.8. The molecule has 12 heteroatoms. The van der Waals surface area contributed by atoms with E-state index in [1.807, 2.05) is 30.6 Å². The summed E-state index contributed by atoms with van der Waals surface area (Å²) in [4.78, 5) is 24.5. The second-order valence-electron chi connectivity index (χ2n) is 10.6. The normalized spacial score (nSPS) is 12.9. The lowest BCUT2D eigenvalue weighted by molar-refractivity contribution is -0.121. The minimum absolute atomic E-state index is 0.0190. The summed E-state index contributed by atoms with van der Waals surface area (Å²) in [6, 6.07) is 2.08. The highest BCUT2D eigenvalue weighted by Crippen LogP contribution is 2.28. The Labute approximate surface area is 256 Å². The molecule has 4 aromatic heterocycles. The molecule has 43 heavy (non-hydrogen) atoms.